The highest BCUT2D eigenvalue weighted by atomic mass is 16.4. The first kappa shape index (κ1) is 11.6. The Kier molecular flexibility index (Phi) is 2.83. The summed E-state index contributed by atoms with van der Waals surface area (Å²) in [5, 5.41) is 15.3. The van der Waals surface area contributed by atoms with Gasteiger partial charge >= 0.3 is 5.97 Å². The number of aliphatic carboxylic acids is 1. The van der Waals surface area contributed by atoms with Crippen molar-refractivity contribution in [2.75, 3.05) is 7.05 Å². The summed E-state index contributed by atoms with van der Waals surface area (Å²) in [6.07, 6.45) is 2.12. The van der Waals surface area contributed by atoms with Crippen LogP contribution in [-0.2, 0) is 4.79 Å². The molecule has 2 rings (SSSR count). The lowest BCUT2D eigenvalue weighted by Crippen LogP contribution is -2.40. The molecule has 2 N–H and O–H groups in total. The highest BCUT2D eigenvalue weighted by Gasteiger charge is 2.30. The minimum atomic E-state index is -1.06. The molecule has 1 fully saturated rings. The van der Waals surface area contributed by atoms with Crippen LogP contribution in [0.5, 0.6) is 0 Å². The molecule has 0 spiro atoms. The molecule has 1 aromatic rings. The average Bonchev–Trinajstić information content (AvgIpc) is 3.04. The molecule has 7 nitrogen and oxygen atoms in total. The molecule has 1 amide bonds. The van der Waals surface area contributed by atoms with Gasteiger partial charge in [-0.1, -0.05) is 0 Å². The van der Waals surface area contributed by atoms with Gasteiger partial charge in [0.1, 0.15) is 11.9 Å². The van der Waals surface area contributed by atoms with E-state index < -0.39 is 17.9 Å². The van der Waals surface area contributed by atoms with E-state index in [1.807, 2.05) is 0 Å². The van der Waals surface area contributed by atoms with Crippen molar-refractivity contribution in [3.05, 3.63) is 11.6 Å². The lowest BCUT2D eigenvalue weighted by Gasteiger charge is -2.19. The van der Waals surface area contributed by atoms with Gasteiger partial charge in [-0.2, -0.15) is 0 Å². The quantitative estimate of drug-likeness (QED) is 0.782. The van der Waals surface area contributed by atoms with E-state index in [9.17, 15) is 9.59 Å². The van der Waals surface area contributed by atoms with Crippen LogP contribution in [0.4, 0.5) is 0 Å². The van der Waals surface area contributed by atoms with E-state index >= 15 is 0 Å². The van der Waals surface area contributed by atoms with Crippen LogP contribution in [0.15, 0.2) is 0 Å². The predicted octanol–water partition coefficient (Wildman–Crippen LogP) is 0.227. The third-order valence-corrected chi connectivity index (χ3v) is 2.92. The fourth-order valence-corrected chi connectivity index (χ4v) is 1.41. The molecule has 1 saturated carbocycles. The standard InChI is InChI=1S/C10H14N4O3/c1-5(10(16)17)14(2)9(15)8-11-7(12-13-8)6-3-4-6/h5-6H,3-4H2,1-2H3,(H,16,17)(H,11,12,13). The van der Waals surface area contributed by atoms with Gasteiger partial charge in [0.05, 0.1) is 0 Å². The van der Waals surface area contributed by atoms with Crippen molar-refractivity contribution in [1.82, 2.24) is 20.1 Å². The molecule has 0 aliphatic heterocycles. The molecule has 1 unspecified atom stereocenters. The van der Waals surface area contributed by atoms with Crippen LogP contribution in [0, 0.1) is 0 Å². The first-order valence-corrected chi connectivity index (χ1v) is 5.43. The van der Waals surface area contributed by atoms with Gasteiger partial charge in [-0.15, -0.1) is 5.10 Å². The van der Waals surface area contributed by atoms with E-state index in [4.69, 9.17) is 5.11 Å². The minimum absolute atomic E-state index is 0.0301. The highest BCUT2D eigenvalue weighted by molar-refractivity contribution is 5.93. The van der Waals surface area contributed by atoms with Gasteiger partial charge in [0.25, 0.3) is 5.91 Å². The zero-order chi connectivity index (χ0) is 12.6. The zero-order valence-electron chi connectivity index (χ0n) is 9.67. The number of carboxylic acid groups (broad SMARTS) is 1. The summed E-state index contributed by atoms with van der Waals surface area (Å²) < 4.78 is 0. The van der Waals surface area contributed by atoms with Crippen molar-refractivity contribution in [2.45, 2.75) is 31.7 Å². The first-order valence-electron chi connectivity index (χ1n) is 5.43. The molecule has 0 radical (unpaired) electrons. The number of nitrogens with one attached hydrogen (secondary N) is 1. The normalized spacial score (nSPS) is 16.6. The van der Waals surface area contributed by atoms with Gasteiger partial charge in [-0.3, -0.25) is 9.89 Å². The Bertz CT molecular complexity index is 452. The third kappa shape index (κ3) is 2.27. The molecule has 1 aliphatic carbocycles. The second-order valence-electron chi connectivity index (χ2n) is 4.25. The maximum atomic E-state index is 11.9. The maximum Gasteiger partial charge on any atom is 0.326 e. The number of H-pyrrole nitrogens is 1. The number of likely N-dealkylation sites (N-methyl/N-ethyl adjacent to an activating group) is 1. The number of aromatic amines is 1. The summed E-state index contributed by atoms with van der Waals surface area (Å²) >= 11 is 0. The van der Waals surface area contributed by atoms with Crippen LogP contribution in [0.25, 0.3) is 0 Å². The fourth-order valence-electron chi connectivity index (χ4n) is 1.41. The number of carboxylic acids is 1. The average molecular weight is 238 g/mol. The Labute approximate surface area is 97.8 Å². The summed E-state index contributed by atoms with van der Waals surface area (Å²) in [6, 6.07) is -0.898. The zero-order valence-corrected chi connectivity index (χ0v) is 9.67. The van der Waals surface area contributed by atoms with Crippen molar-refractivity contribution >= 4 is 11.9 Å². The highest BCUT2D eigenvalue weighted by Crippen LogP contribution is 2.37. The lowest BCUT2D eigenvalue weighted by molar-refractivity contribution is -0.141. The van der Waals surface area contributed by atoms with Gasteiger partial charge < -0.3 is 10.0 Å². The molecule has 1 aliphatic rings. The number of carbonyl (C=O) groups is 2. The van der Waals surface area contributed by atoms with Gasteiger partial charge in [0.2, 0.25) is 5.82 Å². The Morgan fingerprint density at radius 1 is 1.53 bits per heavy atom. The lowest BCUT2D eigenvalue weighted by atomic mass is 10.3. The van der Waals surface area contributed by atoms with Crippen molar-refractivity contribution in [2.24, 2.45) is 0 Å². The SMILES string of the molecule is CC(C(=O)O)N(C)C(=O)c1n[nH]c(C2CC2)n1. The van der Waals surface area contributed by atoms with Gasteiger partial charge in [-0.25, -0.2) is 9.78 Å². The van der Waals surface area contributed by atoms with Crippen LogP contribution >= 0.6 is 0 Å². The molecule has 0 bridgehead atoms. The van der Waals surface area contributed by atoms with Crippen molar-refractivity contribution in [3.8, 4) is 0 Å². The number of amides is 1. The Morgan fingerprint density at radius 2 is 2.18 bits per heavy atom. The molecule has 1 aromatic heterocycles. The topological polar surface area (TPSA) is 99.2 Å². The summed E-state index contributed by atoms with van der Waals surface area (Å²) in [7, 11) is 1.42. The first-order chi connectivity index (χ1) is 8.00. The second kappa shape index (κ2) is 4.15. The summed E-state index contributed by atoms with van der Waals surface area (Å²) in [5.74, 6) is -0.416. The van der Waals surface area contributed by atoms with Gasteiger partial charge in [-0.05, 0) is 19.8 Å². The number of hydrogen-bond donors (Lipinski definition) is 2. The molecular weight excluding hydrogens is 224 g/mol. The van der Waals surface area contributed by atoms with Crippen molar-refractivity contribution in [1.29, 1.82) is 0 Å². The van der Waals surface area contributed by atoms with Gasteiger partial charge in [0.15, 0.2) is 0 Å². The van der Waals surface area contributed by atoms with Crippen molar-refractivity contribution in [3.63, 3.8) is 0 Å². The van der Waals surface area contributed by atoms with E-state index in [1.54, 1.807) is 0 Å². The molecule has 92 valence electrons. The Balaban J connectivity index is 2.09. The number of rotatable bonds is 4. The van der Waals surface area contributed by atoms with Crippen LogP contribution in [0.2, 0.25) is 0 Å². The third-order valence-electron chi connectivity index (χ3n) is 2.92. The predicted molar refractivity (Wildman–Crippen MR) is 57.5 cm³/mol. The molecule has 0 saturated heterocycles. The monoisotopic (exact) mass is 238 g/mol. The summed E-state index contributed by atoms with van der Waals surface area (Å²) in [5.41, 5.74) is 0. The van der Waals surface area contributed by atoms with Crippen LogP contribution < -0.4 is 0 Å². The van der Waals surface area contributed by atoms with Gasteiger partial charge in [0, 0.05) is 13.0 Å². The maximum absolute atomic E-state index is 11.9. The van der Waals surface area contributed by atoms with E-state index in [2.05, 4.69) is 15.2 Å². The molecule has 1 atom stereocenters. The van der Waals surface area contributed by atoms with E-state index in [0.717, 1.165) is 17.7 Å². The van der Waals surface area contributed by atoms with E-state index in [0.29, 0.717) is 11.7 Å². The van der Waals surface area contributed by atoms with Crippen molar-refractivity contribution < 1.29 is 14.7 Å². The smallest absolute Gasteiger partial charge is 0.326 e. The van der Waals surface area contributed by atoms with Crippen LogP contribution in [0.3, 0.4) is 0 Å². The molecule has 7 heteroatoms. The van der Waals surface area contributed by atoms with Crippen LogP contribution in [0.1, 0.15) is 42.1 Å². The minimum Gasteiger partial charge on any atom is -0.480 e. The fraction of sp³-hybridized carbons (Fsp3) is 0.600. The number of carbonyl (C=O) groups excluding carboxylic acids is 1. The number of nitrogens with zero attached hydrogens (tertiary/aromatic N) is 3. The summed E-state index contributed by atoms with van der Waals surface area (Å²) in [4.78, 5) is 27.8. The van der Waals surface area contributed by atoms with E-state index in [1.165, 1.54) is 14.0 Å². The molecule has 17 heavy (non-hydrogen) atoms. The number of aromatic nitrogens is 3. The largest absolute Gasteiger partial charge is 0.480 e. The van der Waals surface area contributed by atoms with Crippen LogP contribution in [-0.4, -0.2) is 50.2 Å². The summed E-state index contributed by atoms with van der Waals surface area (Å²) in [6.45, 7) is 1.44. The molecular formula is C10H14N4O3. The Morgan fingerprint density at radius 3 is 2.71 bits per heavy atom. The van der Waals surface area contributed by atoms with E-state index in [-0.39, 0.29) is 5.82 Å². The second-order valence-corrected chi connectivity index (χ2v) is 4.25. The molecule has 1 heterocycles. The Hall–Kier alpha value is -1.92. The molecule has 0 aromatic carbocycles. The number of hydrogen-bond acceptors (Lipinski definition) is 4.